The maximum absolute atomic E-state index is 11.1. The van der Waals surface area contributed by atoms with Crippen molar-refractivity contribution in [3.63, 3.8) is 0 Å². The van der Waals surface area contributed by atoms with Gasteiger partial charge in [0.05, 0.1) is 12.8 Å². The van der Waals surface area contributed by atoms with Gasteiger partial charge < -0.3 is 25.2 Å². The summed E-state index contributed by atoms with van der Waals surface area (Å²) in [5.41, 5.74) is -2.74. The van der Waals surface area contributed by atoms with E-state index in [4.69, 9.17) is 20.4 Å². The summed E-state index contributed by atoms with van der Waals surface area (Å²) in [7, 11) is 0. The van der Waals surface area contributed by atoms with Crippen LogP contribution in [0.25, 0.3) is 0 Å². The monoisotopic (exact) mass is 288 g/mol. The summed E-state index contributed by atoms with van der Waals surface area (Å²) in [5.74, 6) is -6.64. The van der Waals surface area contributed by atoms with E-state index >= 15 is 0 Å². The van der Waals surface area contributed by atoms with Crippen molar-refractivity contribution in [3.8, 4) is 0 Å². The first kappa shape index (κ1) is 20.2. The van der Waals surface area contributed by atoms with Crippen LogP contribution in [0, 0.1) is 0 Å². The molecule has 19 heavy (non-hydrogen) atoms. The van der Waals surface area contributed by atoms with Crippen molar-refractivity contribution in [1.29, 1.82) is 0 Å². The molecule has 1 atom stereocenters. The molecule has 0 spiro atoms. The van der Waals surface area contributed by atoms with Crippen molar-refractivity contribution in [1.82, 2.24) is 0 Å². The van der Waals surface area contributed by atoms with E-state index < -0.39 is 48.4 Å². The van der Waals surface area contributed by atoms with Gasteiger partial charge in [-0.05, 0) is 6.92 Å². The molecule has 0 saturated carbocycles. The van der Waals surface area contributed by atoms with Crippen LogP contribution in [0.15, 0.2) is 0 Å². The Bertz CT molecular complexity index is 360. The van der Waals surface area contributed by atoms with E-state index in [1.165, 1.54) is 0 Å². The number of hydrogen-bond acceptors (Lipinski definition) is 6. The van der Waals surface area contributed by atoms with Gasteiger partial charge in [0.15, 0.2) is 0 Å². The molecule has 0 aromatic rings. The fourth-order valence-corrected chi connectivity index (χ4v) is 1.10. The molecule has 0 aliphatic carbocycles. The molecule has 0 aliphatic heterocycles. The summed E-state index contributed by atoms with van der Waals surface area (Å²) < 4.78 is 4.33. The predicted octanol–water partition coefficient (Wildman–Crippen LogP) is -1.97. The van der Waals surface area contributed by atoms with Gasteiger partial charge in [0.25, 0.3) is 0 Å². The van der Waals surface area contributed by atoms with Gasteiger partial charge in [0.1, 0.15) is 6.10 Å². The Morgan fingerprint density at radius 1 is 1.05 bits per heavy atom. The molecule has 4 N–H and O–H groups in total. The fourth-order valence-electron chi connectivity index (χ4n) is 1.10. The van der Waals surface area contributed by atoms with Crippen molar-refractivity contribution < 1.29 is 44.3 Å². The van der Waals surface area contributed by atoms with E-state index in [0.717, 1.165) is 6.92 Å². The quantitative estimate of drug-likeness (QED) is 0.308. The van der Waals surface area contributed by atoms with Crippen molar-refractivity contribution in [3.05, 3.63) is 0 Å². The molecular weight excluding hydrogens is 275 g/mol. The van der Waals surface area contributed by atoms with Crippen LogP contribution in [-0.4, -0.2) is 85.6 Å². The molecule has 1 unspecified atom stereocenters. The number of rotatable bonds is 7. The SMILES string of the molecule is CC(O)C(=O)OC(CC(=O)O)(CC(=O)O)C(=O)O.[NaH]. The number of hydrogen-bond donors (Lipinski definition) is 4. The number of carboxylic acids is 3. The molecule has 0 rings (SSSR count). The Labute approximate surface area is 129 Å². The first-order valence-corrected chi connectivity index (χ1v) is 4.68. The first-order valence-electron chi connectivity index (χ1n) is 4.68. The summed E-state index contributed by atoms with van der Waals surface area (Å²) in [5, 5.41) is 34.8. The van der Waals surface area contributed by atoms with Gasteiger partial charge in [-0.2, -0.15) is 0 Å². The number of aliphatic hydroxyl groups is 1. The van der Waals surface area contributed by atoms with E-state index in [1.54, 1.807) is 0 Å². The Morgan fingerprint density at radius 2 is 1.42 bits per heavy atom. The number of ether oxygens (including phenoxy) is 1. The summed E-state index contributed by atoms with van der Waals surface area (Å²) in [6.07, 6.45) is -4.16. The molecule has 9 nitrogen and oxygen atoms in total. The zero-order chi connectivity index (χ0) is 14.5. The van der Waals surface area contributed by atoms with Gasteiger partial charge in [0.2, 0.25) is 5.60 Å². The molecule has 0 heterocycles. The van der Waals surface area contributed by atoms with Crippen molar-refractivity contribution in [2.45, 2.75) is 31.5 Å². The van der Waals surface area contributed by atoms with E-state index in [2.05, 4.69) is 4.74 Å². The van der Waals surface area contributed by atoms with Crippen LogP contribution in [0.5, 0.6) is 0 Å². The summed E-state index contributed by atoms with van der Waals surface area (Å²) in [6, 6.07) is 0. The molecule has 104 valence electrons. The van der Waals surface area contributed by atoms with Crippen molar-refractivity contribution in [2.75, 3.05) is 0 Å². The number of carbonyl (C=O) groups is 4. The second-order valence-electron chi connectivity index (χ2n) is 3.54. The number of carbonyl (C=O) groups excluding carboxylic acids is 1. The Balaban J connectivity index is 0. The third-order valence-corrected chi connectivity index (χ3v) is 1.90. The fraction of sp³-hybridized carbons (Fsp3) is 0.556. The number of esters is 1. The Hall–Kier alpha value is -1.16. The second-order valence-corrected chi connectivity index (χ2v) is 3.54. The van der Waals surface area contributed by atoms with Crippen LogP contribution in [0.2, 0.25) is 0 Å². The van der Waals surface area contributed by atoms with Gasteiger partial charge >= 0.3 is 53.4 Å². The molecule has 0 aromatic carbocycles. The number of carboxylic acid groups (broad SMARTS) is 3. The molecular formula is C9H13NaO9. The molecule has 0 aromatic heterocycles. The zero-order valence-corrected chi connectivity index (χ0v) is 9.32. The topological polar surface area (TPSA) is 158 Å². The summed E-state index contributed by atoms with van der Waals surface area (Å²) >= 11 is 0. The van der Waals surface area contributed by atoms with Crippen LogP contribution in [0.3, 0.4) is 0 Å². The third kappa shape index (κ3) is 6.53. The van der Waals surface area contributed by atoms with Gasteiger partial charge in [-0.25, -0.2) is 9.59 Å². The van der Waals surface area contributed by atoms with Crippen LogP contribution in [-0.2, 0) is 23.9 Å². The molecule has 0 bridgehead atoms. The average Bonchev–Trinajstić information content (AvgIpc) is 2.14. The van der Waals surface area contributed by atoms with E-state index in [1.807, 2.05) is 0 Å². The van der Waals surface area contributed by atoms with Crippen LogP contribution in [0.4, 0.5) is 0 Å². The van der Waals surface area contributed by atoms with Crippen molar-refractivity contribution >= 4 is 53.4 Å². The predicted molar refractivity (Wildman–Crippen MR) is 59.8 cm³/mol. The summed E-state index contributed by atoms with van der Waals surface area (Å²) in [6.45, 7) is 0.969. The van der Waals surface area contributed by atoms with Gasteiger partial charge in [-0.15, -0.1) is 0 Å². The first-order chi connectivity index (χ1) is 8.10. The van der Waals surface area contributed by atoms with E-state index in [9.17, 15) is 19.2 Å². The Kier molecular flexibility index (Phi) is 8.60. The molecule has 0 radical (unpaired) electrons. The molecule has 0 fully saturated rings. The molecule has 0 aliphatic rings. The number of aliphatic hydroxyl groups excluding tert-OH is 1. The third-order valence-electron chi connectivity index (χ3n) is 1.90. The average molecular weight is 288 g/mol. The number of aliphatic carboxylic acids is 3. The molecule has 0 amide bonds. The van der Waals surface area contributed by atoms with Gasteiger partial charge in [-0.1, -0.05) is 0 Å². The van der Waals surface area contributed by atoms with Crippen LogP contribution >= 0.6 is 0 Å². The standard InChI is InChI=1S/C9H12O9.Na.H/c1-4(10)7(15)18-9(8(16)17,2-5(11)12)3-6(13)14;;/h4,10H,2-3H2,1H3,(H,11,12)(H,13,14)(H,16,17);;. The molecule has 10 heteroatoms. The van der Waals surface area contributed by atoms with Crippen molar-refractivity contribution in [2.24, 2.45) is 0 Å². The van der Waals surface area contributed by atoms with E-state index in [0.29, 0.717) is 0 Å². The minimum absolute atomic E-state index is 0. The second kappa shape index (κ2) is 8.10. The van der Waals surface area contributed by atoms with Crippen LogP contribution in [0.1, 0.15) is 19.8 Å². The Morgan fingerprint density at radius 3 is 1.63 bits per heavy atom. The summed E-state index contributed by atoms with van der Waals surface area (Å²) in [4.78, 5) is 43.2. The minimum atomic E-state index is -2.74. The van der Waals surface area contributed by atoms with Crippen LogP contribution < -0.4 is 0 Å². The van der Waals surface area contributed by atoms with Gasteiger partial charge in [0, 0.05) is 0 Å². The maximum atomic E-state index is 11.1. The van der Waals surface area contributed by atoms with Gasteiger partial charge in [-0.3, -0.25) is 9.59 Å². The normalized spacial score (nSPS) is 11.9. The zero-order valence-electron chi connectivity index (χ0n) is 9.32. The molecule has 0 saturated heterocycles. The van der Waals surface area contributed by atoms with E-state index in [-0.39, 0.29) is 29.6 Å².